The number of nitrogens with one attached hydrogen (secondary N) is 1. The second-order valence-corrected chi connectivity index (χ2v) is 22.9. The number of allylic oxidation sites excluding steroid dienone is 11. The van der Waals surface area contributed by atoms with Gasteiger partial charge in [0.1, 0.15) is 24.4 Å². The van der Waals surface area contributed by atoms with Gasteiger partial charge in [0.2, 0.25) is 5.91 Å². The van der Waals surface area contributed by atoms with Crippen LogP contribution >= 0.6 is 0 Å². The van der Waals surface area contributed by atoms with Gasteiger partial charge in [-0.3, -0.25) is 4.79 Å². The average molecular weight is 1100 g/mol. The highest BCUT2D eigenvalue weighted by molar-refractivity contribution is 5.76. The van der Waals surface area contributed by atoms with Crippen LogP contribution in [0, 0.1) is 0 Å². The molecule has 1 saturated heterocycles. The van der Waals surface area contributed by atoms with Crippen molar-refractivity contribution in [2.75, 3.05) is 13.2 Å². The molecule has 1 rings (SSSR count). The van der Waals surface area contributed by atoms with E-state index in [1.165, 1.54) is 225 Å². The summed E-state index contributed by atoms with van der Waals surface area (Å²) in [5.74, 6) is -0.189. The van der Waals surface area contributed by atoms with Crippen molar-refractivity contribution in [3.63, 3.8) is 0 Å². The highest BCUT2D eigenvalue weighted by Crippen LogP contribution is 2.23. The van der Waals surface area contributed by atoms with Crippen molar-refractivity contribution in [1.82, 2.24) is 5.32 Å². The van der Waals surface area contributed by atoms with E-state index in [2.05, 4.69) is 79.9 Å². The predicted octanol–water partition coefficient (Wildman–Crippen LogP) is 17.6. The molecule has 78 heavy (non-hydrogen) atoms. The van der Waals surface area contributed by atoms with Gasteiger partial charge in [-0.05, 0) is 83.5 Å². The molecule has 1 fully saturated rings. The predicted molar refractivity (Wildman–Crippen MR) is 332 cm³/mol. The molecule has 0 radical (unpaired) electrons. The van der Waals surface area contributed by atoms with Gasteiger partial charge in [-0.1, -0.05) is 286 Å². The summed E-state index contributed by atoms with van der Waals surface area (Å²) in [6.07, 6.45) is 74.2. The fourth-order valence-electron chi connectivity index (χ4n) is 10.3. The molecule has 6 N–H and O–H groups in total. The molecule has 1 heterocycles. The van der Waals surface area contributed by atoms with Crippen LogP contribution in [0.15, 0.2) is 72.9 Å². The number of ether oxygens (including phenoxy) is 2. The van der Waals surface area contributed by atoms with Gasteiger partial charge in [0, 0.05) is 6.42 Å². The Hall–Kier alpha value is -2.37. The molecule has 7 unspecified atom stereocenters. The molecule has 9 heteroatoms. The molecule has 9 nitrogen and oxygen atoms in total. The summed E-state index contributed by atoms with van der Waals surface area (Å²) in [6.45, 7) is 3.77. The number of carbonyl (C=O) groups is 1. The number of carbonyl (C=O) groups excluding carboxylic acids is 1. The van der Waals surface area contributed by atoms with Crippen LogP contribution in [0.2, 0.25) is 0 Å². The molecule has 0 aromatic rings. The fraction of sp³-hybridized carbons (Fsp3) is 0.812. The van der Waals surface area contributed by atoms with Crippen molar-refractivity contribution >= 4 is 5.91 Å². The summed E-state index contributed by atoms with van der Waals surface area (Å²) in [5.41, 5.74) is 0. The molecule has 1 aliphatic heterocycles. The van der Waals surface area contributed by atoms with Gasteiger partial charge in [0.25, 0.3) is 0 Å². The van der Waals surface area contributed by atoms with E-state index in [0.717, 1.165) is 57.8 Å². The quantitative estimate of drug-likeness (QED) is 0.0261. The first-order valence-corrected chi connectivity index (χ1v) is 33.2. The van der Waals surface area contributed by atoms with E-state index in [1.807, 2.05) is 6.08 Å². The van der Waals surface area contributed by atoms with E-state index in [-0.39, 0.29) is 12.5 Å². The maximum Gasteiger partial charge on any atom is 0.220 e. The number of aliphatic hydroxyl groups is 5. The van der Waals surface area contributed by atoms with Crippen molar-refractivity contribution < 1.29 is 39.8 Å². The minimum Gasteiger partial charge on any atom is -0.394 e. The minimum atomic E-state index is -1.58. The van der Waals surface area contributed by atoms with Gasteiger partial charge >= 0.3 is 0 Å². The molecule has 1 amide bonds. The Bertz CT molecular complexity index is 1460. The maximum atomic E-state index is 13.1. The zero-order chi connectivity index (χ0) is 56.5. The summed E-state index contributed by atoms with van der Waals surface area (Å²) in [5, 5.41) is 54.6. The number of hydrogen-bond donors (Lipinski definition) is 6. The molecule has 0 aromatic heterocycles. The first-order valence-electron chi connectivity index (χ1n) is 33.2. The first kappa shape index (κ1) is 73.6. The Balaban J connectivity index is 2.18. The second-order valence-electron chi connectivity index (χ2n) is 22.9. The Kier molecular flexibility index (Phi) is 54.6. The molecule has 0 aliphatic carbocycles. The van der Waals surface area contributed by atoms with E-state index in [0.29, 0.717) is 6.42 Å². The normalized spacial score (nSPS) is 19.1. The molecule has 1 aliphatic rings. The monoisotopic (exact) mass is 1100 g/mol. The van der Waals surface area contributed by atoms with Gasteiger partial charge in [0.05, 0.1) is 25.4 Å². The molecule has 0 saturated carbocycles. The van der Waals surface area contributed by atoms with Crippen LogP contribution in [0.25, 0.3) is 0 Å². The lowest BCUT2D eigenvalue weighted by atomic mass is 9.99. The molecule has 0 spiro atoms. The SMILES string of the molecule is CCCCCCC/C=C\C/C=C\C/C=C\CCCCCCCCCCCCCCCCCCC(=O)NC(COC1OC(CO)C(O)C(O)C1O)C(O)/C=C/CC/C=C/CC/C=C/CCCCCCCCCCCCCCCC. The Morgan fingerprint density at radius 2 is 0.769 bits per heavy atom. The first-order chi connectivity index (χ1) is 38.3. The van der Waals surface area contributed by atoms with Gasteiger partial charge in [-0.2, -0.15) is 0 Å². The van der Waals surface area contributed by atoms with Crippen LogP contribution in [0.5, 0.6) is 0 Å². The van der Waals surface area contributed by atoms with Gasteiger partial charge in [-0.25, -0.2) is 0 Å². The highest BCUT2D eigenvalue weighted by Gasteiger charge is 2.44. The lowest BCUT2D eigenvalue weighted by Crippen LogP contribution is -2.60. The Labute approximate surface area is 480 Å². The summed E-state index contributed by atoms with van der Waals surface area (Å²) in [7, 11) is 0. The van der Waals surface area contributed by atoms with Crippen LogP contribution in [-0.4, -0.2) is 87.5 Å². The standard InChI is InChI=1S/C69H125NO8/c1-3-5-7-9-11-13-15-17-19-21-23-25-27-29-30-31-32-33-34-35-37-39-41-43-45-47-49-51-53-55-57-59-65(73)70-62(61-77-69-68(76)67(75)66(74)64(60-71)78-69)63(72)58-56-54-52-50-48-46-44-42-40-38-36-28-26-24-22-20-18-16-14-12-10-8-6-4-2/h15,17,21,23,27,29,40,42,48,50,56,58,62-64,66-69,71-72,74-76H,3-14,16,18-20,22,24-26,28,30-39,41,43-47,49,51-55,57,59-61H2,1-2H3,(H,70,73)/b17-15-,23-21-,29-27-,42-40+,50-48+,58-56+. The van der Waals surface area contributed by atoms with Crippen LogP contribution in [0.1, 0.15) is 303 Å². The topological polar surface area (TPSA) is 149 Å². The number of rotatable bonds is 57. The van der Waals surface area contributed by atoms with Crippen molar-refractivity contribution in [3.05, 3.63) is 72.9 Å². The minimum absolute atomic E-state index is 0.189. The summed E-state index contributed by atoms with van der Waals surface area (Å²) in [4.78, 5) is 13.1. The van der Waals surface area contributed by atoms with E-state index in [4.69, 9.17) is 9.47 Å². The van der Waals surface area contributed by atoms with Crippen molar-refractivity contribution in [2.24, 2.45) is 0 Å². The third-order valence-corrected chi connectivity index (χ3v) is 15.5. The van der Waals surface area contributed by atoms with Crippen molar-refractivity contribution in [2.45, 2.75) is 346 Å². The number of hydrogen-bond acceptors (Lipinski definition) is 8. The maximum absolute atomic E-state index is 13.1. The lowest BCUT2D eigenvalue weighted by Gasteiger charge is -2.40. The van der Waals surface area contributed by atoms with Crippen LogP contribution in [0.3, 0.4) is 0 Å². The van der Waals surface area contributed by atoms with Crippen LogP contribution in [0.4, 0.5) is 0 Å². The molecule has 454 valence electrons. The smallest absolute Gasteiger partial charge is 0.220 e. The average Bonchev–Trinajstić information content (AvgIpc) is 3.45. The van der Waals surface area contributed by atoms with E-state index < -0.39 is 49.5 Å². The fourth-order valence-corrected chi connectivity index (χ4v) is 10.3. The Morgan fingerprint density at radius 3 is 1.17 bits per heavy atom. The van der Waals surface area contributed by atoms with E-state index in [1.54, 1.807) is 6.08 Å². The summed E-state index contributed by atoms with van der Waals surface area (Å²) < 4.78 is 11.3. The van der Waals surface area contributed by atoms with Crippen LogP contribution in [-0.2, 0) is 14.3 Å². The number of unbranched alkanes of at least 4 members (excludes halogenated alkanes) is 37. The molecule has 0 aromatic carbocycles. The zero-order valence-corrected chi connectivity index (χ0v) is 50.7. The number of aliphatic hydroxyl groups excluding tert-OH is 5. The third-order valence-electron chi connectivity index (χ3n) is 15.5. The van der Waals surface area contributed by atoms with Crippen LogP contribution < -0.4 is 5.32 Å². The van der Waals surface area contributed by atoms with E-state index in [9.17, 15) is 30.3 Å². The zero-order valence-electron chi connectivity index (χ0n) is 50.7. The lowest BCUT2D eigenvalue weighted by molar-refractivity contribution is -0.302. The van der Waals surface area contributed by atoms with Gasteiger partial charge < -0.3 is 40.3 Å². The molecule has 7 atom stereocenters. The second kappa shape index (κ2) is 57.8. The molecular formula is C69H125NO8. The molecular weight excluding hydrogens is 971 g/mol. The van der Waals surface area contributed by atoms with E-state index >= 15 is 0 Å². The largest absolute Gasteiger partial charge is 0.394 e. The summed E-state index contributed by atoms with van der Waals surface area (Å²) in [6, 6.07) is -0.832. The third kappa shape index (κ3) is 46.3. The van der Waals surface area contributed by atoms with Gasteiger partial charge in [-0.15, -0.1) is 0 Å². The van der Waals surface area contributed by atoms with Gasteiger partial charge in [0.15, 0.2) is 6.29 Å². The number of amides is 1. The Morgan fingerprint density at radius 1 is 0.436 bits per heavy atom. The summed E-state index contributed by atoms with van der Waals surface area (Å²) >= 11 is 0. The molecule has 0 bridgehead atoms. The highest BCUT2D eigenvalue weighted by atomic mass is 16.7. The van der Waals surface area contributed by atoms with Crippen molar-refractivity contribution in [1.29, 1.82) is 0 Å². The van der Waals surface area contributed by atoms with Crippen molar-refractivity contribution in [3.8, 4) is 0 Å².